The minimum atomic E-state index is 0.493. The minimum Gasteiger partial charge on any atom is -0.312 e. The highest BCUT2D eigenvalue weighted by atomic mass is 15.3. The molecule has 1 rings (SSSR count). The minimum absolute atomic E-state index is 0.493. The van der Waals surface area contributed by atoms with Gasteiger partial charge in [-0.15, -0.1) is 0 Å². The molecule has 0 radical (unpaired) electrons. The van der Waals surface area contributed by atoms with E-state index < -0.39 is 0 Å². The van der Waals surface area contributed by atoms with Crippen LogP contribution in [0.15, 0.2) is 0 Å². The van der Waals surface area contributed by atoms with Crippen LogP contribution in [0.1, 0.15) is 57.1 Å². The third-order valence-corrected chi connectivity index (χ3v) is 3.34. The number of nitrogens with zero attached hydrogens (tertiary/aromatic N) is 2. The van der Waals surface area contributed by atoms with E-state index in [1.807, 2.05) is 0 Å². The zero-order chi connectivity index (χ0) is 13.0. The van der Waals surface area contributed by atoms with Crippen molar-refractivity contribution in [2.24, 2.45) is 5.92 Å². The molecule has 1 heterocycles. The zero-order valence-electron chi connectivity index (χ0n) is 12.2. The molecular weight excluding hydrogens is 210 g/mol. The van der Waals surface area contributed by atoms with Crippen molar-refractivity contribution in [2.45, 2.75) is 60.5 Å². The van der Waals surface area contributed by atoms with Gasteiger partial charge in [0.2, 0.25) is 0 Å². The standard InChI is InChI=1S/C14H27N3/c1-7-11(4)17-13(6)14(12(5)16-17)9-15-8-10(2)3/h10-11,15H,7-9H2,1-6H3. The summed E-state index contributed by atoms with van der Waals surface area (Å²) in [7, 11) is 0. The van der Waals surface area contributed by atoms with Crippen molar-refractivity contribution < 1.29 is 0 Å². The summed E-state index contributed by atoms with van der Waals surface area (Å²) < 4.78 is 2.17. The molecule has 3 heteroatoms. The summed E-state index contributed by atoms with van der Waals surface area (Å²) in [6, 6.07) is 0.493. The zero-order valence-corrected chi connectivity index (χ0v) is 12.2. The highest BCUT2D eigenvalue weighted by molar-refractivity contribution is 5.24. The number of nitrogens with one attached hydrogen (secondary N) is 1. The molecule has 0 fully saturated rings. The third kappa shape index (κ3) is 3.56. The van der Waals surface area contributed by atoms with E-state index in [1.54, 1.807) is 0 Å². The van der Waals surface area contributed by atoms with Crippen molar-refractivity contribution in [2.75, 3.05) is 6.54 Å². The predicted octanol–water partition coefficient (Wildman–Crippen LogP) is 3.22. The lowest BCUT2D eigenvalue weighted by Crippen LogP contribution is -2.19. The van der Waals surface area contributed by atoms with Crippen LogP contribution >= 0.6 is 0 Å². The summed E-state index contributed by atoms with van der Waals surface area (Å²) in [5.74, 6) is 0.695. The molecule has 1 N–H and O–H groups in total. The van der Waals surface area contributed by atoms with Gasteiger partial charge in [0.15, 0.2) is 0 Å². The molecular formula is C14H27N3. The molecule has 17 heavy (non-hydrogen) atoms. The fourth-order valence-corrected chi connectivity index (χ4v) is 2.04. The van der Waals surface area contributed by atoms with Crippen LogP contribution in [0.5, 0.6) is 0 Å². The van der Waals surface area contributed by atoms with Crippen LogP contribution in [0, 0.1) is 19.8 Å². The van der Waals surface area contributed by atoms with Crippen molar-refractivity contribution >= 4 is 0 Å². The molecule has 0 aliphatic heterocycles. The van der Waals surface area contributed by atoms with Crippen molar-refractivity contribution in [3.63, 3.8) is 0 Å². The summed E-state index contributed by atoms with van der Waals surface area (Å²) in [4.78, 5) is 0. The lowest BCUT2D eigenvalue weighted by molar-refractivity contribution is 0.464. The van der Waals surface area contributed by atoms with E-state index in [1.165, 1.54) is 17.0 Å². The Labute approximate surface area is 106 Å². The first-order valence-corrected chi connectivity index (χ1v) is 6.72. The van der Waals surface area contributed by atoms with Crippen LogP contribution in [0.3, 0.4) is 0 Å². The fraction of sp³-hybridized carbons (Fsp3) is 0.786. The number of hydrogen-bond donors (Lipinski definition) is 1. The maximum Gasteiger partial charge on any atom is 0.0641 e. The van der Waals surface area contributed by atoms with Gasteiger partial charge in [-0.25, -0.2) is 0 Å². The second-order valence-electron chi connectivity index (χ2n) is 5.38. The second-order valence-corrected chi connectivity index (χ2v) is 5.38. The van der Waals surface area contributed by atoms with Gasteiger partial charge in [-0.3, -0.25) is 4.68 Å². The van der Waals surface area contributed by atoms with E-state index in [9.17, 15) is 0 Å². The quantitative estimate of drug-likeness (QED) is 0.823. The first-order valence-electron chi connectivity index (χ1n) is 6.72. The smallest absolute Gasteiger partial charge is 0.0641 e. The van der Waals surface area contributed by atoms with E-state index >= 15 is 0 Å². The van der Waals surface area contributed by atoms with Crippen LogP contribution in [-0.4, -0.2) is 16.3 Å². The van der Waals surface area contributed by atoms with Gasteiger partial charge in [0, 0.05) is 23.8 Å². The van der Waals surface area contributed by atoms with Crippen LogP contribution in [0.2, 0.25) is 0 Å². The SMILES string of the molecule is CCC(C)n1nc(C)c(CNCC(C)C)c1C. The van der Waals surface area contributed by atoms with Crippen molar-refractivity contribution in [1.82, 2.24) is 15.1 Å². The van der Waals surface area contributed by atoms with Crippen molar-refractivity contribution in [1.29, 1.82) is 0 Å². The van der Waals surface area contributed by atoms with E-state index in [-0.39, 0.29) is 0 Å². The lowest BCUT2D eigenvalue weighted by atomic mass is 10.1. The fourth-order valence-electron chi connectivity index (χ4n) is 2.04. The Kier molecular flexibility index (Phi) is 5.19. The van der Waals surface area contributed by atoms with Gasteiger partial charge in [0.25, 0.3) is 0 Å². The maximum absolute atomic E-state index is 4.66. The number of aromatic nitrogens is 2. The number of aryl methyl sites for hydroxylation is 1. The molecule has 1 atom stereocenters. The summed E-state index contributed by atoms with van der Waals surface area (Å²) in [5, 5.41) is 8.16. The topological polar surface area (TPSA) is 29.9 Å². The Morgan fingerprint density at radius 1 is 1.24 bits per heavy atom. The van der Waals surface area contributed by atoms with Crippen molar-refractivity contribution in [3.05, 3.63) is 17.0 Å². The monoisotopic (exact) mass is 237 g/mol. The average Bonchev–Trinajstić information content (AvgIpc) is 2.55. The summed E-state index contributed by atoms with van der Waals surface area (Å²) in [5.41, 5.74) is 3.85. The summed E-state index contributed by atoms with van der Waals surface area (Å²) in [6.07, 6.45) is 1.13. The van der Waals surface area contributed by atoms with Gasteiger partial charge in [-0.05, 0) is 39.7 Å². The largest absolute Gasteiger partial charge is 0.312 e. The molecule has 98 valence electrons. The molecule has 1 aromatic heterocycles. The Bertz CT molecular complexity index is 353. The predicted molar refractivity (Wildman–Crippen MR) is 73.2 cm³/mol. The van der Waals surface area contributed by atoms with Crippen LogP contribution < -0.4 is 5.32 Å². The molecule has 1 unspecified atom stereocenters. The summed E-state index contributed by atoms with van der Waals surface area (Å²) >= 11 is 0. The molecule has 3 nitrogen and oxygen atoms in total. The van der Waals surface area contributed by atoms with Crippen LogP contribution in [0.4, 0.5) is 0 Å². The van der Waals surface area contributed by atoms with Gasteiger partial charge in [0.1, 0.15) is 0 Å². The van der Waals surface area contributed by atoms with Gasteiger partial charge in [-0.1, -0.05) is 20.8 Å². The van der Waals surface area contributed by atoms with E-state index in [2.05, 4.69) is 56.6 Å². The molecule has 0 aliphatic rings. The van der Waals surface area contributed by atoms with Gasteiger partial charge >= 0.3 is 0 Å². The molecule has 0 aliphatic carbocycles. The van der Waals surface area contributed by atoms with E-state index in [0.29, 0.717) is 12.0 Å². The molecule has 0 saturated heterocycles. The highest BCUT2D eigenvalue weighted by Gasteiger charge is 2.14. The number of rotatable bonds is 6. The Hall–Kier alpha value is -0.830. The lowest BCUT2D eigenvalue weighted by Gasteiger charge is -2.12. The highest BCUT2D eigenvalue weighted by Crippen LogP contribution is 2.19. The molecule has 0 aromatic carbocycles. The van der Waals surface area contributed by atoms with E-state index in [0.717, 1.165) is 19.5 Å². The molecule has 1 aromatic rings. The van der Waals surface area contributed by atoms with Crippen molar-refractivity contribution in [3.8, 4) is 0 Å². The maximum atomic E-state index is 4.66. The molecule has 0 saturated carbocycles. The van der Waals surface area contributed by atoms with Gasteiger partial charge in [0.05, 0.1) is 5.69 Å². The Morgan fingerprint density at radius 3 is 2.41 bits per heavy atom. The van der Waals surface area contributed by atoms with Gasteiger partial charge < -0.3 is 5.32 Å². The normalized spacial score (nSPS) is 13.4. The second kappa shape index (κ2) is 6.20. The number of hydrogen-bond acceptors (Lipinski definition) is 2. The third-order valence-electron chi connectivity index (χ3n) is 3.34. The van der Waals surface area contributed by atoms with Crippen LogP contribution in [0.25, 0.3) is 0 Å². The molecule has 0 amide bonds. The molecule has 0 bridgehead atoms. The molecule has 0 spiro atoms. The average molecular weight is 237 g/mol. The van der Waals surface area contributed by atoms with Crippen LogP contribution in [-0.2, 0) is 6.54 Å². The Morgan fingerprint density at radius 2 is 1.88 bits per heavy atom. The van der Waals surface area contributed by atoms with Gasteiger partial charge in [-0.2, -0.15) is 5.10 Å². The Balaban J connectivity index is 2.75. The first-order chi connectivity index (χ1) is 7.97. The van der Waals surface area contributed by atoms with E-state index in [4.69, 9.17) is 0 Å². The summed E-state index contributed by atoms with van der Waals surface area (Å²) in [6.45, 7) is 15.2. The first kappa shape index (κ1) is 14.2.